The Morgan fingerprint density at radius 2 is 2.40 bits per heavy atom. The fraction of sp³-hybridized carbons (Fsp3) is 0.500. The molecule has 106 valence electrons. The van der Waals surface area contributed by atoms with Crippen molar-refractivity contribution in [1.29, 1.82) is 5.26 Å². The van der Waals surface area contributed by atoms with E-state index in [2.05, 4.69) is 23.2 Å². The van der Waals surface area contributed by atoms with E-state index in [1.807, 2.05) is 24.3 Å². The molecular formula is C16H21N3O. The molecule has 0 radical (unpaired) electrons. The van der Waals surface area contributed by atoms with Gasteiger partial charge in [0.05, 0.1) is 6.07 Å². The zero-order valence-electron chi connectivity index (χ0n) is 11.9. The Balaban J connectivity index is 1.95. The first-order valence-electron chi connectivity index (χ1n) is 7.15. The standard InChI is InChI=1S/C16H21N3O/c1-13-4-3-9-19(11-13)12-14-5-2-6-15(10-14)18-16(20)7-8-17/h2,5-6,10,13H,3-4,7,9,11-12H2,1H3,(H,18,20). The van der Waals surface area contributed by atoms with Gasteiger partial charge >= 0.3 is 0 Å². The number of benzene rings is 1. The summed E-state index contributed by atoms with van der Waals surface area (Å²) in [5, 5.41) is 11.2. The Morgan fingerprint density at radius 3 is 3.15 bits per heavy atom. The maximum atomic E-state index is 11.4. The number of nitriles is 1. The van der Waals surface area contributed by atoms with E-state index in [4.69, 9.17) is 5.26 Å². The second-order valence-electron chi connectivity index (χ2n) is 5.57. The molecule has 20 heavy (non-hydrogen) atoms. The van der Waals surface area contributed by atoms with Gasteiger partial charge in [0, 0.05) is 18.8 Å². The molecule has 0 spiro atoms. The van der Waals surface area contributed by atoms with Crippen molar-refractivity contribution < 1.29 is 4.79 Å². The van der Waals surface area contributed by atoms with E-state index in [-0.39, 0.29) is 12.3 Å². The van der Waals surface area contributed by atoms with Crippen molar-refractivity contribution in [3.8, 4) is 6.07 Å². The number of carbonyl (C=O) groups excluding carboxylic acids is 1. The third kappa shape index (κ3) is 4.36. The van der Waals surface area contributed by atoms with E-state index in [1.54, 1.807) is 0 Å². The van der Waals surface area contributed by atoms with E-state index in [0.29, 0.717) is 0 Å². The SMILES string of the molecule is CC1CCCN(Cc2cccc(NC(=O)CC#N)c2)C1. The molecule has 1 aliphatic heterocycles. The van der Waals surface area contributed by atoms with Gasteiger partial charge < -0.3 is 5.32 Å². The van der Waals surface area contributed by atoms with Crippen molar-refractivity contribution >= 4 is 11.6 Å². The molecule has 0 aliphatic carbocycles. The van der Waals surface area contributed by atoms with E-state index < -0.39 is 0 Å². The lowest BCUT2D eigenvalue weighted by atomic mass is 10.00. The lowest BCUT2D eigenvalue weighted by Crippen LogP contribution is -2.33. The summed E-state index contributed by atoms with van der Waals surface area (Å²) in [4.78, 5) is 13.9. The first-order chi connectivity index (χ1) is 9.67. The van der Waals surface area contributed by atoms with Crippen LogP contribution in [0.25, 0.3) is 0 Å². The highest BCUT2D eigenvalue weighted by Gasteiger charge is 2.16. The minimum Gasteiger partial charge on any atom is -0.325 e. The molecule has 0 bridgehead atoms. The van der Waals surface area contributed by atoms with E-state index in [1.165, 1.54) is 18.4 Å². The lowest BCUT2D eigenvalue weighted by Gasteiger charge is -2.30. The second kappa shape index (κ2) is 7.06. The van der Waals surface area contributed by atoms with Crippen LogP contribution in [0.5, 0.6) is 0 Å². The zero-order valence-corrected chi connectivity index (χ0v) is 11.9. The smallest absolute Gasteiger partial charge is 0.238 e. The van der Waals surface area contributed by atoms with Gasteiger partial charge in [0.2, 0.25) is 5.91 Å². The molecular weight excluding hydrogens is 250 g/mol. The van der Waals surface area contributed by atoms with Crippen LogP contribution in [0.15, 0.2) is 24.3 Å². The number of piperidine rings is 1. The van der Waals surface area contributed by atoms with Crippen molar-refractivity contribution in [2.75, 3.05) is 18.4 Å². The first-order valence-corrected chi connectivity index (χ1v) is 7.15. The molecule has 0 saturated carbocycles. The maximum absolute atomic E-state index is 11.4. The van der Waals surface area contributed by atoms with Gasteiger partial charge in [-0.2, -0.15) is 5.26 Å². The van der Waals surface area contributed by atoms with Gasteiger partial charge in [-0.05, 0) is 43.0 Å². The summed E-state index contributed by atoms with van der Waals surface area (Å²) in [6, 6.07) is 9.74. The number of amides is 1. The molecule has 4 nitrogen and oxygen atoms in total. The van der Waals surface area contributed by atoms with Crippen LogP contribution in [0.2, 0.25) is 0 Å². The van der Waals surface area contributed by atoms with Crippen molar-refractivity contribution in [2.45, 2.75) is 32.7 Å². The van der Waals surface area contributed by atoms with Crippen LogP contribution in [0.1, 0.15) is 31.7 Å². The zero-order chi connectivity index (χ0) is 14.4. The van der Waals surface area contributed by atoms with Crippen molar-refractivity contribution in [2.24, 2.45) is 5.92 Å². The molecule has 1 fully saturated rings. The average Bonchev–Trinajstić information content (AvgIpc) is 2.39. The van der Waals surface area contributed by atoms with Crippen LogP contribution >= 0.6 is 0 Å². The number of hydrogen-bond acceptors (Lipinski definition) is 3. The summed E-state index contributed by atoms with van der Waals surface area (Å²) in [6.07, 6.45) is 2.48. The molecule has 1 heterocycles. The van der Waals surface area contributed by atoms with Crippen LogP contribution in [-0.2, 0) is 11.3 Å². The number of hydrogen-bond donors (Lipinski definition) is 1. The van der Waals surface area contributed by atoms with Gasteiger partial charge in [0.15, 0.2) is 0 Å². The summed E-state index contributed by atoms with van der Waals surface area (Å²) < 4.78 is 0. The highest BCUT2D eigenvalue weighted by Crippen LogP contribution is 2.19. The van der Waals surface area contributed by atoms with Gasteiger partial charge in [0.25, 0.3) is 0 Å². The van der Waals surface area contributed by atoms with Crippen LogP contribution in [0.3, 0.4) is 0 Å². The fourth-order valence-electron chi connectivity index (χ4n) is 2.71. The molecule has 1 atom stereocenters. The van der Waals surface area contributed by atoms with E-state index in [0.717, 1.165) is 31.2 Å². The minimum absolute atomic E-state index is 0.103. The molecule has 4 heteroatoms. The Labute approximate surface area is 120 Å². The molecule has 1 saturated heterocycles. The Hall–Kier alpha value is -1.86. The number of nitrogens with one attached hydrogen (secondary N) is 1. The number of carbonyl (C=O) groups is 1. The highest BCUT2D eigenvalue weighted by atomic mass is 16.1. The summed E-state index contributed by atoms with van der Waals surface area (Å²) >= 11 is 0. The molecule has 2 rings (SSSR count). The molecule has 1 aromatic rings. The molecule has 1 aliphatic rings. The lowest BCUT2D eigenvalue weighted by molar-refractivity contribution is -0.115. The van der Waals surface area contributed by atoms with Gasteiger partial charge in [-0.15, -0.1) is 0 Å². The van der Waals surface area contributed by atoms with Crippen LogP contribution in [0, 0.1) is 17.2 Å². The number of likely N-dealkylation sites (tertiary alicyclic amines) is 1. The molecule has 1 N–H and O–H groups in total. The Kier molecular flexibility index (Phi) is 5.14. The average molecular weight is 271 g/mol. The van der Waals surface area contributed by atoms with Crippen molar-refractivity contribution in [3.63, 3.8) is 0 Å². The quantitative estimate of drug-likeness (QED) is 0.916. The topological polar surface area (TPSA) is 56.1 Å². The van der Waals surface area contributed by atoms with Gasteiger partial charge in [-0.1, -0.05) is 19.1 Å². The van der Waals surface area contributed by atoms with E-state index >= 15 is 0 Å². The predicted molar refractivity (Wildman–Crippen MR) is 79.0 cm³/mol. The molecule has 1 unspecified atom stereocenters. The van der Waals surface area contributed by atoms with Gasteiger partial charge in [-0.25, -0.2) is 0 Å². The normalized spacial score (nSPS) is 19.3. The summed E-state index contributed by atoms with van der Waals surface area (Å²) in [5.74, 6) is 0.513. The van der Waals surface area contributed by atoms with Crippen LogP contribution in [-0.4, -0.2) is 23.9 Å². The number of nitrogens with zero attached hydrogens (tertiary/aromatic N) is 2. The molecule has 1 amide bonds. The Morgan fingerprint density at radius 1 is 1.55 bits per heavy atom. The molecule has 0 aromatic heterocycles. The van der Waals surface area contributed by atoms with Crippen LogP contribution in [0.4, 0.5) is 5.69 Å². The summed E-state index contributed by atoms with van der Waals surface area (Å²) in [7, 11) is 0. The van der Waals surface area contributed by atoms with Crippen molar-refractivity contribution in [1.82, 2.24) is 4.90 Å². The summed E-state index contributed by atoms with van der Waals surface area (Å²) in [5.41, 5.74) is 1.97. The number of rotatable bonds is 4. The summed E-state index contributed by atoms with van der Waals surface area (Å²) in [6.45, 7) is 5.51. The van der Waals surface area contributed by atoms with Crippen molar-refractivity contribution in [3.05, 3.63) is 29.8 Å². The molecule has 1 aromatic carbocycles. The maximum Gasteiger partial charge on any atom is 0.238 e. The van der Waals surface area contributed by atoms with Gasteiger partial charge in [-0.3, -0.25) is 9.69 Å². The Bertz CT molecular complexity index is 507. The first kappa shape index (κ1) is 14.5. The largest absolute Gasteiger partial charge is 0.325 e. The third-order valence-electron chi connectivity index (χ3n) is 3.60. The predicted octanol–water partition coefficient (Wildman–Crippen LogP) is 2.77. The highest BCUT2D eigenvalue weighted by molar-refractivity contribution is 5.92. The fourth-order valence-corrected chi connectivity index (χ4v) is 2.71. The van der Waals surface area contributed by atoms with Crippen LogP contribution < -0.4 is 5.32 Å². The minimum atomic E-state index is -0.253. The third-order valence-corrected chi connectivity index (χ3v) is 3.60. The van der Waals surface area contributed by atoms with E-state index in [9.17, 15) is 4.79 Å². The number of anilines is 1. The second-order valence-corrected chi connectivity index (χ2v) is 5.57. The van der Waals surface area contributed by atoms with Gasteiger partial charge in [0.1, 0.15) is 6.42 Å². The monoisotopic (exact) mass is 271 g/mol.